The predicted molar refractivity (Wildman–Crippen MR) is 113 cm³/mol. The van der Waals surface area contributed by atoms with E-state index >= 15 is 0 Å². The van der Waals surface area contributed by atoms with Gasteiger partial charge in [-0.05, 0) is 32.0 Å². The zero-order chi connectivity index (χ0) is 20.2. The number of rotatable bonds is 6. The van der Waals surface area contributed by atoms with Crippen LogP contribution in [0.1, 0.15) is 22.5 Å². The number of hydrogen-bond donors (Lipinski definition) is 1. The summed E-state index contributed by atoms with van der Waals surface area (Å²) in [4.78, 5) is 20.1. The fourth-order valence-corrected chi connectivity index (χ4v) is 3.68. The van der Waals surface area contributed by atoms with Crippen LogP contribution >= 0.6 is 0 Å². The Morgan fingerprint density at radius 2 is 2.03 bits per heavy atom. The molecule has 152 valence electrons. The molecule has 1 aromatic carbocycles. The lowest BCUT2D eigenvalue weighted by atomic mass is 10.0. The minimum atomic E-state index is -0.0617. The van der Waals surface area contributed by atoms with E-state index in [1.54, 1.807) is 6.20 Å². The Balaban J connectivity index is 1.52. The van der Waals surface area contributed by atoms with Crippen molar-refractivity contribution in [3.63, 3.8) is 0 Å². The molecular formula is C22H27N5O2. The molecule has 0 atom stereocenters. The first-order valence-corrected chi connectivity index (χ1v) is 10.1. The number of pyridine rings is 1. The van der Waals surface area contributed by atoms with Gasteiger partial charge in [0.15, 0.2) is 0 Å². The fraction of sp³-hybridized carbons (Fsp3) is 0.409. The van der Waals surface area contributed by atoms with Crippen LogP contribution in [-0.4, -0.2) is 65.0 Å². The zero-order valence-electron chi connectivity index (χ0n) is 17.0. The van der Waals surface area contributed by atoms with Crippen molar-refractivity contribution in [1.29, 1.82) is 0 Å². The SMILES string of the molecule is Cc1c(-c2cc(C(=O)NCCCN3CCOCC3)c3ccccc3n2)cnn1C. The normalized spacial score (nSPS) is 15.0. The third kappa shape index (κ3) is 4.31. The largest absolute Gasteiger partial charge is 0.379 e. The van der Waals surface area contributed by atoms with E-state index in [2.05, 4.69) is 15.3 Å². The van der Waals surface area contributed by atoms with Crippen LogP contribution in [0.15, 0.2) is 36.5 Å². The Labute approximate surface area is 170 Å². The van der Waals surface area contributed by atoms with E-state index in [1.807, 2.05) is 49.0 Å². The highest BCUT2D eigenvalue weighted by atomic mass is 16.5. The highest BCUT2D eigenvalue weighted by molar-refractivity contribution is 6.07. The van der Waals surface area contributed by atoms with Crippen LogP contribution in [0, 0.1) is 6.92 Å². The van der Waals surface area contributed by atoms with Crippen LogP contribution < -0.4 is 5.32 Å². The number of para-hydroxylation sites is 1. The van der Waals surface area contributed by atoms with Crippen molar-refractivity contribution in [3.8, 4) is 11.3 Å². The van der Waals surface area contributed by atoms with E-state index in [1.165, 1.54) is 0 Å². The van der Waals surface area contributed by atoms with E-state index in [0.29, 0.717) is 12.1 Å². The van der Waals surface area contributed by atoms with Gasteiger partial charge in [-0.2, -0.15) is 5.10 Å². The number of morpholine rings is 1. The van der Waals surface area contributed by atoms with Crippen LogP contribution in [0.3, 0.4) is 0 Å². The lowest BCUT2D eigenvalue weighted by molar-refractivity contribution is 0.0374. The van der Waals surface area contributed by atoms with Gasteiger partial charge in [0.25, 0.3) is 5.91 Å². The molecule has 1 saturated heterocycles. The Morgan fingerprint density at radius 3 is 2.79 bits per heavy atom. The summed E-state index contributed by atoms with van der Waals surface area (Å²) in [6, 6.07) is 9.65. The molecule has 7 heteroatoms. The molecule has 0 bridgehead atoms. The van der Waals surface area contributed by atoms with Gasteiger partial charge in [0.05, 0.1) is 36.2 Å². The molecule has 0 aliphatic carbocycles. The molecule has 3 heterocycles. The molecule has 1 aliphatic rings. The summed E-state index contributed by atoms with van der Waals surface area (Å²) in [5.74, 6) is -0.0617. The summed E-state index contributed by atoms with van der Waals surface area (Å²) < 4.78 is 7.19. The Morgan fingerprint density at radius 1 is 1.24 bits per heavy atom. The fourth-order valence-electron chi connectivity index (χ4n) is 3.68. The maximum atomic E-state index is 13.0. The van der Waals surface area contributed by atoms with E-state index in [4.69, 9.17) is 9.72 Å². The maximum absolute atomic E-state index is 13.0. The molecule has 1 N–H and O–H groups in total. The van der Waals surface area contributed by atoms with Crippen molar-refractivity contribution in [2.75, 3.05) is 39.4 Å². The second-order valence-corrected chi connectivity index (χ2v) is 7.40. The van der Waals surface area contributed by atoms with Crippen molar-refractivity contribution in [2.45, 2.75) is 13.3 Å². The zero-order valence-corrected chi connectivity index (χ0v) is 17.0. The molecule has 1 fully saturated rings. The van der Waals surface area contributed by atoms with Crippen molar-refractivity contribution < 1.29 is 9.53 Å². The van der Waals surface area contributed by atoms with E-state index in [0.717, 1.165) is 67.1 Å². The highest BCUT2D eigenvalue weighted by Crippen LogP contribution is 2.26. The number of benzene rings is 1. The second kappa shape index (κ2) is 8.71. The third-order valence-corrected chi connectivity index (χ3v) is 5.51. The molecule has 3 aromatic rings. The first-order chi connectivity index (χ1) is 14.1. The number of fused-ring (bicyclic) bond motifs is 1. The molecule has 1 aliphatic heterocycles. The molecule has 7 nitrogen and oxygen atoms in total. The summed E-state index contributed by atoms with van der Waals surface area (Å²) >= 11 is 0. The third-order valence-electron chi connectivity index (χ3n) is 5.51. The number of aryl methyl sites for hydroxylation is 1. The summed E-state index contributed by atoms with van der Waals surface area (Å²) in [5, 5.41) is 8.26. The van der Waals surface area contributed by atoms with Crippen LogP contribution in [0.5, 0.6) is 0 Å². The molecule has 0 spiro atoms. The topological polar surface area (TPSA) is 72.3 Å². The average molecular weight is 393 g/mol. The maximum Gasteiger partial charge on any atom is 0.252 e. The van der Waals surface area contributed by atoms with Crippen LogP contribution in [-0.2, 0) is 11.8 Å². The van der Waals surface area contributed by atoms with Crippen molar-refractivity contribution in [2.24, 2.45) is 7.05 Å². The van der Waals surface area contributed by atoms with E-state index < -0.39 is 0 Å². The van der Waals surface area contributed by atoms with Crippen LogP contribution in [0.2, 0.25) is 0 Å². The monoisotopic (exact) mass is 393 g/mol. The Hall–Kier alpha value is -2.77. The smallest absolute Gasteiger partial charge is 0.252 e. The Kier molecular flexibility index (Phi) is 5.87. The number of nitrogens with zero attached hydrogens (tertiary/aromatic N) is 4. The van der Waals surface area contributed by atoms with E-state index in [9.17, 15) is 4.79 Å². The summed E-state index contributed by atoms with van der Waals surface area (Å²) in [5.41, 5.74) is 4.20. The Bertz CT molecular complexity index is 1010. The molecule has 0 saturated carbocycles. The minimum Gasteiger partial charge on any atom is -0.379 e. The van der Waals surface area contributed by atoms with E-state index in [-0.39, 0.29) is 5.91 Å². The first-order valence-electron chi connectivity index (χ1n) is 10.1. The van der Waals surface area contributed by atoms with Gasteiger partial charge in [-0.1, -0.05) is 18.2 Å². The van der Waals surface area contributed by atoms with Gasteiger partial charge in [-0.3, -0.25) is 14.4 Å². The van der Waals surface area contributed by atoms with Crippen LogP contribution in [0.4, 0.5) is 0 Å². The van der Waals surface area contributed by atoms with Crippen LogP contribution in [0.25, 0.3) is 22.2 Å². The van der Waals surface area contributed by atoms with Gasteiger partial charge >= 0.3 is 0 Å². The second-order valence-electron chi connectivity index (χ2n) is 7.40. The molecule has 29 heavy (non-hydrogen) atoms. The van der Waals surface area contributed by atoms with Crippen molar-refractivity contribution in [1.82, 2.24) is 25.0 Å². The molecular weight excluding hydrogens is 366 g/mol. The summed E-state index contributed by atoms with van der Waals surface area (Å²) in [6.45, 7) is 7.16. The first kappa shape index (κ1) is 19.5. The standard InChI is InChI=1S/C22H27N5O2/c1-16-19(15-24-26(16)2)21-14-18(17-6-3-4-7-20(17)25-21)22(28)23-8-5-9-27-10-12-29-13-11-27/h3-4,6-7,14-15H,5,8-13H2,1-2H3,(H,23,28). The number of aromatic nitrogens is 3. The summed E-state index contributed by atoms with van der Waals surface area (Å²) in [7, 11) is 1.90. The number of amides is 1. The van der Waals surface area contributed by atoms with Gasteiger partial charge in [-0.15, -0.1) is 0 Å². The van der Waals surface area contributed by atoms with Gasteiger partial charge in [0.2, 0.25) is 0 Å². The van der Waals surface area contributed by atoms with Gasteiger partial charge in [0, 0.05) is 43.3 Å². The molecule has 1 amide bonds. The molecule has 4 rings (SSSR count). The number of carbonyl (C=O) groups is 1. The van der Waals surface area contributed by atoms with Gasteiger partial charge in [-0.25, -0.2) is 4.98 Å². The van der Waals surface area contributed by atoms with Crippen molar-refractivity contribution >= 4 is 16.8 Å². The quantitative estimate of drug-likeness (QED) is 0.651. The number of ether oxygens (including phenoxy) is 1. The molecule has 2 aromatic heterocycles. The van der Waals surface area contributed by atoms with Gasteiger partial charge in [0.1, 0.15) is 0 Å². The number of nitrogens with one attached hydrogen (secondary N) is 1. The molecule has 0 radical (unpaired) electrons. The summed E-state index contributed by atoms with van der Waals surface area (Å²) in [6.07, 6.45) is 2.72. The van der Waals surface area contributed by atoms with Crippen molar-refractivity contribution in [3.05, 3.63) is 47.8 Å². The predicted octanol–water partition coefficient (Wildman–Crippen LogP) is 2.40. The average Bonchev–Trinajstić information content (AvgIpc) is 3.09. The molecule has 0 unspecified atom stereocenters. The number of carbonyl (C=O) groups excluding carboxylic acids is 1. The minimum absolute atomic E-state index is 0.0617. The lowest BCUT2D eigenvalue weighted by Crippen LogP contribution is -2.38. The lowest BCUT2D eigenvalue weighted by Gasteiger charge is -2.26. The van der Waals surface area contributed by atoms with Gasteiger partial charge < -0.3 is 10.1 Å². The highest BCUT2D eigenvalue weighted by Gasteiger charge is 2.16. The number of hydrogen-bond acceptors (Lipinski definition) is 5.